The SMILES string of the molecule is CC[C@H](C)C(C)(C)C(N)=O. The van der Waals surface area contributed by atoms with Gasteiger partial charge in [0.05, 0.1) is 0 Å². The predicted octanol–water partition coefficient (Wildman–Crippen LogP) is 1.54. The summed E-state index contributed by atoms with van der Waals surface area (Å²) in [5.41, 5.74) is 4.86. The fourth-order valence-electron chi connectivity index (χ4n) is 0.753. The van der Waals surface area contributed by atoms with E-state index in [1.807, 2.05) is 20.8 Å². The molecule has 0 saturated heterocycles. The molecule has 0 aliphatic heterocycles. The molecule has 2 heteroatoms. The van der Waals surface area contributed by atoms with Gasteiger partial charge in [0.15, 0.2) is 0 Å². The van der Waals surface area contributed by atoms with Crippen LogP contribution in [0, 0.1) is 11.3 Å². The van der Waals surface area contributed by atoms with Gasteiger partial charge in [-0.2, -0.15) is 0 Å². The highest BCUT2D eigenvalue weighted by atomic mass is 16.1. The van der Waals surface area contributed by atoms with Crippen LogP contribution in [0.15, 0.2) is 0 Å². The van der Waals surface area contributed by atoms with Crippen molar-refractivity contribution in [1.29, 1.82) is 0 Å². The fraction of sp³-hybridized carbons (Fsp3) is 0.875. The van der Waals surface area contributed by atoms with Crippen molar-refractivity contribution in [1.82, 2.24) is 0 Å². The Morgan fingerprint density at radius 1 is 1.60 bits per heavy atom. The summed E-state index contributed by atoms with van der Waals surface area (Å²) in [7, 11) is 0. The maximum Gasteiger partial charge on any atom is 0.223 e. The molecule has 0 aromatic heterocycles. The molecule has 2 nitrogen and oxygen atoms in total. The van der Waals surface area contributed by atoms with E-state index < -0.39 is 0 Å². The molecule has 0 bridgehead atoms. The summed E-state index contributed by atoms with van der Waals surface area (Å²) >= 11 is 0. The monoisotopic (exact) mass is 143 g/mol. The Morgan fingerprint density at radius 2 is 2.00 bits per heavy atom. The van der Waals surface area contributed by atoms with Gasteiger partial charge in [0, 0.05) is 5.41 Å². The zero-order chi connectivity index (χ0) is 8.36. The van der Waals surface area contributed by atoms with Gasteiger partial charge >= 0.3 is 0 Å². The highest BCUT2D eigenvalue weighted by Gasteiger charge is 2.30. The maximum absolute atomic E-state index is 10.8. The highest BCUT2D eigenvalue weighted by molar-refractivity contribution is 5.80. The van der Waals surface area contributed by atoms with Crippen LogP contribution in [0.4, 0.5) is 0 Å². The van der Waals surface area contributed by atoms with Gasteiger partial charge < -0.3 is 5.73 Å². The molecular weight excluding hydrogens is 126 g/mol. The number of nitrogens with two attached hydrogens (primary N) is 1. The number of amides is 1. The van der Waals surface area contributed by atoms with E-state index in [0.29, 0.717) is 5.92 Å². The first-order valence-electron chi connectivity index (χ1n) is 3.72. The van der Waals surface area contributed by atoms with Crippen molar-refractivity contribution in [2.24, 2.45) is 17.1 Å². The molecule has 0 fully saturated rings. The van der Waals surface area contributed by atoms with Crippen molar-refractivity contribution in [3.63, 3.8) is 0 Å². The Balaban J connectivity index is 4.23. The predicted molar refractivity (Wildman–Crippen MR) is 42.4 cm³/mol. The zero-order valence-corrected chi connectivity index (χ0v) is 7.27. The van der Waals surface area contributed by atoms with Gasteiger partial charge in [0.2, 0.25) is 5.91 Å². The summed E-state index contributed by atoms with van der Waals surface area (Å²) in [4.78, 5) is 10.8. The van der Waals surface area contributed by atoms with Crippen molar-refractivity contribution < 1.29 is 4.79 Å². The van der Waals surface area contributed by atoms with Crippen LogP contribution in [0.1, 0.15) is 34.1 Å². The lowest BCUT2D eigenvalue weighted by molar-refractivity contribution is -0.128. The average molecular weight is 143 g/mol. The topological polar surface area (TPSA) is 43.1 Å². The quantitative estimate of drug-likeness (QED) is 0.640. The van der Waals surface area contributed by atoms with Crippen LogP contribution in [0.2, 0.25) is 0 Å². The number of hydrogen-bond donors (Lipinski definition) is 1. The molecule has 0 saturated carbocycles. The molecule has 2 N–H and O–H groups in total. The van der Waals surface area contributed by atoms with Gasteiger partial charge in [0.1, 0.15) is 0 Å². The van der Waals surface area contributed by atoms with Crippen LogP contribution >= 0.6 is 0 Å². The van der Waals surface area contributed by atoms with E-state index in [-0.39, 0.29) is 11.3 Å². The molecule has 60 valence electrons. The molecule has 0 aliphatic carbocycles. The maximum atomic E-state index is 10.8. The molecular formula is C8H17NO. The lowest BCUT2D eigenvalue weighted by Crippen LogP contribution is -2.36. The first-order valence-corrected chi connectivity index (χ1v) is 3.72. The van der Waals surface area contributed by atoms with Crippen molar-refractivity contribution in [2.75, 3.05) is 0 Å². The number of rotatable bonds is 3. The lowest BCUT2D eigenvalue weighted by atomic mass is 9.78. The van der Waals surface area contributed by atoms with Crippen molar-refractivity contribution in [2.45, 2.75) is 34.1 Å². The average Bonchev–Trinajstić information content (AvgIpc) is 1.86. The largest absolute Gasteiger partial charge is 0.369 e. The number of carbonyl (C=O) groups excluding carboxylic acids is 1. The van der Waals surface area contributed by atoms with E-state index in [4.69, 9.17) is 5.73 Å². The first-order chi connectivity index (χ1) is 4.42. The van der Waals surface area contributed by atoms with E-state index in [9.17, 15) is 4.79 Å². The van der Waals surface area contributed by atoms with Crippen LogP contribution < -0.4 is 5.73 Å². The molecule has 10 heavy (non-hydrogen) atoms. The Bertz CT molecular complexity index is 129. The summed E-state index contributed by atoms with van der Waals surface area (Å²) in [6.45, 7) is 7.90. The highest BCUT2D eigenvalue weighted by Crippen LogP contribution is 2.27. The van der Waals surface area contributed by atoms with Crippen LogP contribution in [0.25, 0.3) is 0 Å². The third-order valence-corrected chi connectivity index (χ3v) is 2.48. The molecule has 0 aliphatic rings. The van der Waals surface area contributed by atoms with E-state index in [1.165, 1.54) is 0 Å². The third-order valence-electron chi connectivity index (χ3n) is 2.48. The fourth-order valence-corrected chi connectivity index (χ4v) is 0.753. The standard InChI is InChI=1S/C8H17NO/c1-5-6(2)8(3,4)7(9)10/h6H,5H2,1-4H3,(H2,9,10)/t6-/m0/s1. The summed E-state index contributed by atoms with van der Waals surface area (Å²) in [5, 5.41) is 0. The molecule has 0 spiro atoms. The minimum atomic E-state index is -0.352. The van der Waals surface area contributed by atoms with E-state index in [1.54, 1.807) is 0 Å². The second-order valence-corrected chi connectivity index (χ2v) is 3.40. The third kappa shape index (κ3) is 1.72. The molecule has 0 aromatic carbocycles. The molecule has 0 unspecified atom stereocenters. The van der Waals surface area contributed by atoms with Gasteiger partial charge in [-0.05, 0) is 5.92 Å². The van der Waals surface area contributed by atoms with Crippen LogP contribution in [0.3, 0.4) is 0 Å². The van der Waals surface area contributed by atoms with Gasteiger partial charge in [-0.3, -0.25) is 4.79 Å². The van der Waals surface area contributed by atoms with Gasteiger partial charge in [-0.25, -0.2) is 0 Å². The molecule has 0 rings (SSSR count). The molecule has 0 heterocycles. The molecule has 0 radical (unpaired) electrons. The van der Waals surface area contributed by atoms with Gasteiger partial charge in [-0.1, -0.05) is 34.1 Å². The first kappa shape index (κ1) is 9.47. The Kier molecular flexibility index (Phi) is 2.88. The summed E-state index contributed by atoms with van der Waals surface area (Å²) in [6.07, 6.45) is 0.996. The van der Waals surface area contributed by atoms with Gasteiger partial charge in [0.25, 0.3) is 0 Å². The second kappa shape index (κ2) is 3.04. The van der Waals surface area contributed by atoms with E-state index >= 15 is 0 Å². The normalized spacial score (nSPS) is 14.8. The smallest absolute Gasteiger partial charge is 0.223 e. The second-order valence-electron chi connectivity index (χ2n) is 3.40. The summed E-state index contributed by atoms with van der Waals surface area (Å²) in [6, 6.07) is 0. The van der Waals surface area contributed by atoms with Crippen molar-refractivity contribution in [3.8, 4) is 0 Å². The Morgan fingerprint density at radius 3 is 2.10 bits per heavy atom. The molecule has 1 amide bonds. The van der Waals surface area contributed by atoms with E-state index in [0.717, 1.165) is 6.42 Å². The minimum Gasteiger partial charge on any atom is -0.369 e. The van der Waals surface area contributed by atoms with Crippen molar-refractivity contribution in [3.05, 3.63) is 0 Å². The Hall–Kier alpha value is -0.530. The van der Waals surface area contributed by atoms with Crippen LogP contribution in [0.5, 0.6) is 0 Å². The zero-order valence-electron chi connectivity index (χ0n) is 7.27. The molecule has 1 atom stereocenters. The number of carbonyl (C=O) groups is 1. The van der Waals surface area contributed by atoms with Crippen LogP contribution in [-0.4, -0.2) is 5.91 Å². The summed E-state index contributed by atoms with van der Waals surface area (Å²) < 4.78 is 0. The number of hydrogen-bond acceptors (Lipinski definition) is 1. The number of primary amides is 1. The Labute approximate surface area is 62.8 Å². The summed E-state index contributed by atoms with van der Waals surface area (Å²) in [5.74, 6) is 0.159. The minimum absolute atomic E-state index is 0.207. The van der Waals surface area contributed by atoms with E-state index in [2.05, 4.69) is 6.92 Å². The lowest BCUT2D eigenvalue weighted by Gasteiger charge is -2.26. The van der Waals surface area contributed by atoms with Crippen LogP contribution in [-0.2, 0) is 4.79 Å². The van der Waals surface area contributed by atoms with Gasteiger partial charge in [-0.15, -0.1) is 0 Å². The molecule has 0 aromatic rings. The van der Waals surface area contributed by atoms with Crippen molar-refractivity contribution >= 4 is 5.91 Å².